The monoisotopic (exact) mass is 306 g/mol. The predicted molar refractivity (Wildman–Crippen MR) is 83.3 cm³/mol. The van der Waals surface area contributed by atoms with Crippen LogP contribution in [0.2, 0.25) is 5.02 Å². The van der Waals surface area contributed by atoms with E-state index in [4.69, 9.17) is 16.3 Å². The molecule has 0 bridgehead atoms. The normalized spacial score (nSPS) is 12.1. The summed E-state index contributed by atoms with van der Waals surface area (Å²) in [5, 5.41) is 0.660. The molecular weight excluding hydrogens is 292 g/mol. The van der Waals surface area contributed by atoms with Gasteiger partial charge in [0.15, 0.2) is 0 Å². The molecule has 0 radical (unpaired) electrons. The van der Waals surface area contributed by atoms with Crippen LogP contribution < -0.4 is 0 Å². The Morgan fingerprint density at radius 1 is 1.15 bits per heavy atom. The van der Waals surface area contributed by atoms with Crippen molar-refractivity contribution in [3.63, 3.8) is 0 Å². The number of ether oxygens (including phenoxy) is 1. The largest absolute Gasteiger partial charge is 0.372 e. The summed E-state index contributed by atoms with van der Waals surface area (Å²) < 4.78 is 5.32. The molecule has 2 nitrogen and oxygen atoms in total. The van der Waals surface area contributed by atoms with E-state index in [1.54, 1.807) is 19.2 Å². The molecule has 0 fully saturated rings. The Bertz CT molecular complexity index is 554. The molecule has 0 aliphatic heterocycles. The van der Waals surface area contributed by atoms with Crippen LogP contribution >= 0.6 is 23.4 Å². The highest BCUT2D eigenvalue weighted by atomic mass is 35.5. The third-order valence-electron chi connectivity index (χ3n) is 2.84. The van der Waals surface area contributed by atoms with Crippen LogP contribution in [0, 0.1) is 0 Å². The maximum absolute atomic E-state index is 12.2. The fourth-order valence-corrected chi connectivity index (χ4v) is 2.72. The fourth-order valence-electron chi connectivity index (χ4n) is 1.78. The van der Waals surface area contributed by atoms with Gasteiger partial charge in [-0.3, -0.25) is 4.79 Å². The van der Waals surface area contributed by atoms with Crippen molar-refractivity contribution in [2.45, 2.75) is 17.4 Å². The summed E-state index contributed by atoms with van der Waals surface area (Å²) in [5.74, 6) is 0. The molecule has 0 heterocycles. The number of carbonyl (C=O) groups excluding carboxylic acids is 1. The molecule has 0 spiro atoms. The number of hydrogen-bond acceptors (Lipinski definition) is 3. The van der Waals surface area contributed by atoms with Crippen molar-refractivity contribution in [3.05, 3.63) is 65.2 Å². The molecule has 0 N–H and O–H groups in total. The number of halogens is 1. The lowest BCUT2D eigenvalue weighted by Crippen LogP contribution is -2.22. The average molecular weight is 307 g/mol. The van der Waals surface area contributed by atoms with E-state index in [1.165, 1.54) is 11.8 Å². The van der Waals surface area contributed by atoms with Crippen molar-refractivity contribution in [1.82, 2.24) is 0 Å². The van der Waals surface area contributed by atoms with Gasteiger partial charge in [-0.05, 0) is 41.6 Å². The molecule has 1 atom stereocenters. The summed E-state index contributed by atoms with van der Waals surface area (Å²) in [4.78, 5) is 13.1. The lowest BCUT2D eigenvalue weighted by molar-refractivity contribution is -0.119. The van der Waals surface area contributed by atoms with Gasteiger partial charge in [0, 0.05) is 23.4 Å². The van der Waals surface area contributed by atoms with E-state index in [2.05, 4.69) is 0 Å². The number of methoxy groups -OCH3 is 1. The van der Waals surface area contributed by atoms with Gasteiger partial charge in [0.05, 0.1) is 0 Å². The highest BCUT2D eigenvalue weighted by Gasteiger charge is 2.19. The molecule has 104 valence electrons. The summed E-state index contributed by atoms with van der Waals surface area (Å²) in [6.07, 6.45) is 0.134. The summed E-state index contributed by atoms with van der Waals surface area (Å²) >= 11 is 7.01. The van der Waals surface area contributed by atoms with Gasteiger partial charge in [0.1, 0.15) is 6.10 Å². The number of hydrogen-bond donors (Lipinski definition) is 0. The predicted octanol–water partition coefficient (Wildman–Crippen LogP) is 4.22. The van der Waals surface area contributed by atoms with Crippen LogP contribution in [0.1, 0.15) is 5.56 Å². The Hall–Kier alpha value is -1.29. The zero-order valence-electron chi connectivity index (χ0n) is 11.1. The molecule has 0 aliphatic rings. The molecule has 0 unspecified atom stereocenters. The minimum absolute atomic E-state index is 0.00123. The maximum Gasteiger partial charge on any atom is 0.222 e. The van der Waals surface area contributed by atoms with Crippen molar-refractivity contribution >= 4 is 28.5 Å². The van der Waals surface area contributed by atoms with Crippen molar-refractivity contribution in [3.8, 4) is 0 Å². The Labute approximate surface area is 128 Å². The third kappa shape index (κ3) is 4.37. The molecule has 0 saturated carbocycles. The number of rotatable bonds is 5. The van der Waals surface area contributed by atoms with E-state index in [-0.39, 0.29) is 5.12 Å². The van der Waals surface area contributed by atoms with Crippen molar-refractivity contribution in [2.75, 3.05) is 7.11 Å². The molecule has 20 heavy (non-hydrogen) atoms. The van der Waals surface area contributed by atoms with Gasteiger partial charge >= 0.3 is 0 Å². The van der Waals surface area contributed by atoms with Gasteiger partial charge in [-0.15, -0.1) is 0 Å². The first-order valence-corrected chi connectivity index (χ1v) is 7.42. The average Bonchev–Trinajstić information content (AvgIpc) is 2.48. The minimum Gasteiger partial charge on any atom is -0.372 e. The highest BCUT2D eigenvalue weighted by Crippen LogP contribution is 2.24. The van der Waals surface area contributed by atoms with Crippen molar-refractivity contribution in [1.29, 1.82) is 0 Å². The lowest BCUT2D eigenvalue weighted by atomic mass is 10.1. The van der Waals surface area contributed by atoms with Crippen LogP contribution in [-0.4, -0.2) is 18.3 Å². The second kappa shape index (κ2) is 7.48. The van der Waals surface area contributed by atoms with Crippen LogP contribution in [0.3, 0.4) is 0 Å². The minimum atomic E-state index is -0.446. The third-order valence-corrected chi connectivity index (χ3v) is 4.07. The van der Waals surface area contributed by atoms with Gasteiger partial charge in [0.25, 0.3) is 0 Å². The standard InChI is InChI=1S/C16H15ClO2S/c1-19-15(11-12-5-3-2-4-6-12)16(18)20-14-9-7-13(17)8-10-14/h2-10,15H,11H2,1H3/t15-/m0/s1. The quantitative estimate of drug-likeness (QED) is 0.774. The number of thioether (sulfide) groups is 1. The number of carbonyl (C=O) groups is 1. The van der Waals surface area contributed by atoms with Crippen LogP contribution in [0.5, 0.6) is 0 Å². The second-order valence-corrected chi connectivity index (χ2v) is 5.80. The summed E-state index contributed by atoms with van der Waals surface area (Å²) in [6.45, 7) is 0. The first kappa shape index (κ1) is 15.1. The smallest absolute Gasteiger partial charge is 0.222 e. The zero-order chi connectivity index (χ0) is 14.4. The topological polar surface area (TPSA) is 26.3 Å². The van der Waals surface area contributed by atoms with Crippen LogP contribution in [-0.2, 0) is 16.0 Å². The molecule has 0 aliphatic carbocycles. The van der Waals surface area contributed by atoms with Crippen molar-refractivity contribution < 1.29 is 9.53 Å². The second-order valence-electron chi connectivity index (χ2n) is 4.29. The Kier molecular flexibility index (Phi) is 5.65. The van der Waals surface area contributed by atoms with E-state index in [0.29, 0.717) is 11.4 Å². The molecule has 2 aromatic rings. The fraction of sp³-hybridized carbons (Fsp3) is 0.188. The molecule has 2 rings (SSSR count). The van der Waals surface area contributed by atoms with Crippen LogP contribution in [0.4, 0.5) is 0 Å². The first-order chi connectivity index (χ1) is 9.69. The Morgan fingerprint density at radius 3 is 2.40 bits per heavy atom. The molecule has 4 heteroatoms. The lowest BCUT2D eigenvalue weighted by Gasteiger charge is -2.13. The van der Waals surface area contributed by atoms with Gasteiger partial charge in [-0.25, -0.2) is 0 Å². The molecular formula is C16H15ClO2S. The molecule has 0 aromatic heterocycles. The summed E-state index contributed by atoms with van der Waals surface area (Å²) in [5.41, 5.74) is 1.09. The van der Waals surface area contributed by atoms with Crippen molar-refractivity contribution in [2.24, 2.45) is 0 Å². The summed E-state index contributed by atoms with van der Waals surface area (Å²) in [7, 11) is 1.56. The highest BCUT2D eigenvalue weighted by molar-refractivity contribution is 8.13. The van der Waals surface area contributed by atoms with Gasteiger partial charge in [0.2, 0.25) is 5.12 Å². The Morgan fingerprint density at radius 2 is 1.80 bits per heavy atom. The van der Waals surface area contributed by atoms with E-state index in [0.717, 1.165) is 10.5 Å². The van der Waals surface area contributed by atoms with E-state index in [1.807, 2.05) is 42.5 Å². The maximum atomic E-state index is 12.2. The SMILES string of the molecule is CO[C@@H](Cc1ccccc1)C(=O)Sc1ccc(Cl)cc1. The molecule has 2 aromatic carbocycles. The van der Waals surface area contributed by atoms with Gasteiger partial charge in [-0.2, -0.15) is 0 Å². The Balaban J connectivity index is 2.00. The number of benzene rings is 2. The zero-order valence-corrected chi connectivity index (χ0v) is 12.7. The molecule has 0 amide bonds. The van der Waals surface area contributed by atoms with E-state index in [9.17, 15) is 4.79 Å². The van der Waals surface area contributed by atoms with Crippen LogP contribution in [0.15, 0.2) is 59.5 Å². The van der Waals surface area contributed by atoms with E-state index >= 15 is 0 Å². The summed E-state index contributed by atoms with van der Waals surface area (Å²) in [6, 6.07) is 17.1. The van der Waals surface area contributed by atoms with Crippen LogP contribution in [0.25, 0.3) is 0 Å². The van der Waals surface area contributed by atoms with Gasteiger partial charge in [-0.1, -0.05) is 41.9 Å². The molecule has 0 saturated heterocycles. The van der Waals surface area contributed by atoms with Gasteiger partial charge < -0.3 is 4.74 Å². The van der Waals surface area contributed by atoms with E-state index < -0.39 is 6.10 Å². The first-order valence-electron chi connectivity index (χ1n) is 6.23.